The van der Waals surface area contributed by atoms with Crippen LogP contribution in [0.15, 0.2) is 48.5 Å². The Hall–Kier alpha value is 0.180. The van der Waals surface area contributed by atoms with E-state index in [9.17, 15) is 0 Å². The molecule has 0 aromatic heterocycles. The van der Waals surface area contributed by atoms with Crippen LogP contribution in [0.5, 0.6) is 0 Å². The van der Waals surface area contributed by atoms with Crippen LogP contribution in [0.25, 0.3) is 0 Å². The number of halogens is 6. The quantitative estimate of drug-likeness (QED) is 0.485. The predicted molar refractivity (Wildman–Crippen MR) is 92.8 cm³/mol. The molecule has 2 radical (unpaired) electrons. The van der Waals surface area contributed by atoms with Gasteiger partial charge < -0.3 is 0 Å². The molecule has 0 saturated heterocycles. The molecule has 2 rings (SSSR count). The molecule has 0 aliphatic carbocycles. The summed E-state index contributed by atoms with van der Waals surface area (Å²) in [7, 11) is 0. The Labute approximate surface area is 153 Å². The van der Waals surface area contributed by atoms with E-state index < -0.39 is 7.59 Å². The summed E-state index contributed by atoms with van der Waals surface area (Å²) >= 11 is 34.8. The molecule has 0 bridgehead atoms. The molecule has 0 aliphatic rings. The van der Waals surface area contributed by atoms with Gasteiger partial charge in [-0.1, -0.05) is 118 Å². The lowest BCUT2D eigenvalue weighted by Gasteiger charge is -2.12. The van der Waals surface area contributed by atoms with Gasteiger partial charge in [0, 0.05) is 11.1 Å². The Morgan fingerprint density at radius 1 is 0.524 bits per heavy atom. The molecule has 0 saturated carbocycles. The first-order valence-corrected chi connectivity index (χ1v) is 8.04. The second-order valence-electron chi connectivity index (χ2n) is 4.28. The zero-order chi connectivity index (χ0) is 15.7. The summed E-state index contributed by atoms with van der Waals surface area (Å²) in [4.78, 5) is 0. The van der Waals surface area contributed by atoms with Gasteiger partial charge in [0.05, 0.1) is 6.42 Å². The summed E-state index contributed by atoms with van der Waals surface area (Å²) in [6.07, 6.45) is 3.20. The van der Waals surface area contributed by atoms with Crippen molar-refractivity contribution in [1.82, 2.24) is 0 Å². The highest BCUT2D eigenvalue weighted by atomic mass is 35.6. The van der Waals surface area contributed by atoms with Gasteiger partial charge in [0.1, 0.15) is 0 Å². The molecule has 0 nitrogen and oxygen atoms in total. The molecule has 6 heteroatoms. The summed E-state index contributed by atoms with van der Waals surface area (Å²) < 4.78 is -2.85. The molecule has 0 unspecified atom stereocenters. The Balaban J connectivity index is 2.12. The molecule has 110 valence electrons. The number of hydrogen-bond donors (Lipinski definition) is 0. The van der Waals surface area contributed by atoms with Gasteiger partial charge in [-0.3, -0.25) is 0 Å². The van der Waals surface area contributed by atoms with Crippen LogP contribution in [0.2, 0.25) is 0 Å². The van der Waals surface area contributed by atoms with Crippen molar-refractivity contribution in [3.05, 3.63) is 77.2 Å². The lowest BCUT2D eigenvalue weighted by atomic mass is 10.0. The number of rotatable bonds is 2. The van der Waals surface area contributed by atoms with Crippen LogP contribution < -0.4 is 0 Å². The average Bonchev–Trinajstić information content (AvgIpc) is 2.38. The van der Waals surface area contributed by atoms with Gasteiger partial charge in [-0.25, -0.2) is 0 Å². The maximum atomic E-state index is 5.80. The summed E-state index contributed by atoms with van der Waals surface area (Å²) in [5.41, 5.74) is 2.92. The van der Waals surface area contributed by atoms with Crippen molar-refractivity contribution in [2.75, 3.05) is 0 Å². The molecule has 0 amide bonds. The molecular weight excluding hydrogens is 393 g/mol. The minimum atomic E-state index is -1.43. The van der Waals surface area contributed by atoms with E-state index >= 15 is 0 Å². The van der Waals surface area contributed by atoms with E-state index in [2.05, 4.69) is 6.42 Å². The van der Waals surface area contributed by atoms with Crippen LogP contribution in [0.1, 0.15) is 22.3 Å². The SMILES string of the molecule is ClC(Cl)(Cl)c1ccc([C]c2ccc(C(Cl)(Cl)Cl)cc2)cc1. The monoisotopic (exact) mass is 398 g/mol. The van der Waals surface area contributed by atoms with E-state index in [0.717, 1.165) is 11.1 Å². The molecule has 2 aromatic carbocycles. The van der Waals surface area contributed by atoms with Crippen molar-refractivity contribution < 1.29 is 0 Å². The fraction of sp³-hybridized carbons (Fsp3) is 0.133. The first-order chi connectivity index (χ1) is 9.66. The minimum absolute atomic E-state index is 0.601. The van der Waals surface area contributed by atoms with Gasteiger partial charge in [-0.2, -0.15) is 0 Å². The van der Waals surface area contributed by atoms with Crippen molar-refractivity contribution in [2.24, 2.45) is 0 Å². The molecule has 0 aliphatic heterocycles. The van der Waals surface area contributed by atoms with Gasteiger partial charge in [-0.05, 0) is 11.1 Å². The summed E-state index contributed by atoms with van der Waals surface area (Å²) in [6.45, 7) is 0. The molecule has 0 N–H and O–H groups in total. The molecule has 21 heavy (non-hydrogen) atoms. The van der Waals surface area contributed by atoms with E-state index in [1.807, 2.05) is 24.3 Å². The van der Waals surface area contributed by atoms with E-state index in [0.29, 0.717) is 11.1 Å². The van der Waals surface area contributed by atoms with E-state index in [1.165, 1.54) is 0 Å². The van der Waals surface area contributed by atoms with Crippen LogP contribution in [-0.2, 0) is 7.59 Å². The third kappa shape index (κ3) is 5.10. The Bertz CT molecular complexity index is 535. The molecule has 2 aromatic rings. The summed E-state index contributed by atoms with van der Waals surface area (Å²) in [6, 6.07) is 14.2. The zero-order valence-corrected chi connectivity index (χ0v) is 14.9. The van der Waals surface area contributed by atoms with Crippen LogP contribution in [0.4, 0.5) is 0 Å². The second-order valence-corrected chi connectivity index (χ2v) is 8.84. The van der Waals surface area contributed by atoms with Crippen LogP contribution >= 0.6 is 69.6 Å². The normalized spacial score (nSPS) is 12.5. The first kappa shape index (κ1) is 17.5. The minimum Gasteiger partial charge on any atom is -0.0784 e. The fourth-order valence-electron chi connectivity index (χ4n) is 1.65. The van der Waals surface area contributed by atoms with Crippen molar-refractivity contribution in [2.45, 2.75) is 7.59 Å². The van der Waals surface area contributed by atoms with Crippen molar-refractivity contribution >= 4 is 69.6 Å². The first-order valence-electron chi connectivity index (χ1n) is 5.78. The van der Waals surface area contributed by atoms with Crippen molar-refractivity contribution in [1.29, 1.82) is 0 Å². The molecule has 0 spiro atoms. The number of benzene rings is 2. The van der Waals surface area contributed by atoms with Crippen LogP contribution in [0.3, 0.4) is 0 Å². The third-order valence-electron chi connectivity index (χ3n) is 2.71. The summed E-state index contributed by atoms with van der Waals surface area (Å²) in [5.74, 6) is 0. The van der Waals surface area contributed by atoms with Crippen molar-refractivity contribution in [3.63, 3.8) is 0 Å². The number of hydrogen-bond acceptors (Lipinski definition) is 0. The zero-order valence-electron chi connectivity index (χ0n) is 10.4. The predicted octanol–water partition coefficient (Wildman–Crippen LogP) is 6.82. The van der Waals surface area contributed by atoms with Crippen molar-refractivity contribution in [3.8, 4) is 0 Å². The highest BCUT2D eigenvalue weighted by molar-refractivity contribution is 6.67. The Morgan fingerprint density at radius 2 is 0.810 bits per heavy atom. The average molecular weight is 401 g/mol. The van der Waals surface area contributed by atoms with E-state index in [-0.39, 0.29) is 0 Å². The van der Waals surface area contributed by atoms with Gasteiger partial charge >= 0.3 is 0 Å². The highest BCUT2D eigenvalue weighted by Crippen LogP contribution is 2.39. The standard InChI is InChI=1S/C15H8Cl6/c16-14(17,18)12-5-1-10(2-6-12)9-11-3-7-13(8-4-11)15(19,20)21/h1-8H. The van der Waals surface area contributed by atoms with Gasteiger partial charge in [-0.15, -0.1) is 0 Å². The fourth-order valence-corrected chi connectivity index (χ4v) is 2.41. The maximum absolute atomic E-state index is 5.80. The Kier molecular flexibility index (Phi) is 5.63. The van der Waals surface area contributed by atoms with Gasteiger partial charge in [0.25, 0.3) is 0 Å². The highest BCUT2D eigenvalue weighted by Gasteiger charge is 2.23. The molecule has 0 fully saturated rings. The second kappa shape index (κ2) is 6.74. The topological polar surface area (TPSA) is 0 Å². The third-order valence-corrected chi connectivity index (χ3v) is 4.02. The van der Waals surface area contributed by atoms with E-state index in [1.54, 1.807) is 24.3 Å². The molecule has 0 atom stereocenters. The molecular formula is C15H8Cl6. The van der Waals surface area contributed by atoms with Gasteiger partial charge in [0.15, 0.2) is 0 Å². The largest absolute Gasteiger partial charge is 0.216 e. The van der Waals surface area contributed by atoms with Crippen LogP contribution in [-0.4, -0.2) is 0 Å². The maximum Gasteiger partial charge on any atom is 0.216 e. The molecule has 0 heterocycles. The van der Waals surface area contributed by atoms with Crippen LogP contribution in [0, 0.1) is 6.42 Å². The smallest absolute Gasteiger partial charge is 0.0784 e. The lowest BCUT2D eigenvalue weighted by molar-refractivity contribution is 1.22. The lowest BCUT2D eigenvalue weighted by Crippen LogP contribution is -2.00. The van der Waals surface area contributed by atoms with Gasteiger partial charge in [0.2, 0.25) is 7.59 Å². The summed E-state index contributed by atoms with van der Waals surface area (Å²) in [5, 5.41) is 0. The Morgan fingerprint density at radius 3 is 1.05 bits per heavy atom. The number of alkyl halides is 6. The van der Waals surface area contributed by atoms with E-state index in [4.69, 9.17) is 69.6 Å².